The predicted octanol–water partition coefficient (Wildman–Crippen LogP) is 8.28. The van der Waals surface area contributed by atoms with Crippen LogP contribution in [0.3, 0.4) is 0 Å². The highest BCUT2D eigenvalue weighted by atomic mass is 16.5. The number of carbonyl (C=O) groups excluding carboxylic acids is 1. The molecule has 0 unspecified atom stereocenters. The van der Waals surface area contributed by atoms with Crippen molar-refractivity contribution in [1.29, 1.82) is 0 Å². The quantitative estimate of drug-likeness (QED) is 0.129. The van der Waals surface area contributed by atoms with Gasteiger partial charge in [0, 0.05) is 0 Å². The third-order valence-electron chi connectivity index (χ3n) is 5.30. The molecular formula is C27H44O3. The van der Waals surface area contributed by atoms with Crippen molar-refractivity contribution in [2.24, 2.45) is 0 Å². The highest BCUT2D eigenvalue weighted by molar-refractivity contribution is 5.92. The van der Waals surface area contributed by atoms with Crippen LogP contribution in [0, 0.1) is 0 Å². The van der Waals surface area contributed by atoms with Crippen LogP contribution in [-0.4, -0.2) is 19.2 Å². The minimum Gasteiger partial charge on any atom is -0.493 e. The predicted molar refractivity (Wildman–Crippen MR) is 127 cm³/mol. The van der Waals surface area contributed by atoms with E-state index in [1.54, 1.807) is 6.07 Å². The maximum Gasteiger partial charge on any atom is 0.341 e. The lowest BCUT2D eigenvalue weighted by atomic mass is 10.1. The van der Waals surface area contributed by atoms with E-state index in [9.17, 15) is 4.79 Å². The van der Waals surface area contributed by atoms with Crippen molar-refractivity contribution in [2.45, 2.75) is 104 Å². The molecule has 1 aromatic carbocycles. The van der Waals surface area contributed by atoms with Gasteiger partial charge in [-0.25, -0.2) is 4.79 Å². The van der Waals surface area contributed by atoms with Crippen LogP contribution in [0.4, 0.5) is 0 Å². The van der Waals surface area contributed by atoms with Crippen molar-refractivity contribution in [3.8, 4) is 5.75 Å². The summed E-state index contributed by atoms with van der Waals surface area (Å²) in [6.45, 7) is 5.21. The number of ether oxygens (including phenoxy) is 2. The van der Waals surface area contributed by atoms with E-state index in [0.29, 0.717) is 24.5 Å². The molecule has 0 amide bonds. The Bertz CT molecular complexity index is 565. The minimum atomic E-state index is -0.285. The molecule has 0 atom stereocenters. The van der Waals surface area contributed by atoms with E-state index in [2.05, 4.69) is 19.1 Å². The summed E-state index contributed by atoms with van der Waals surface area (Å²) in [6.07, 6.45) is 22.6. The van der Waals surface area contributed by atoms with Crippen molar-refractivity contribution >= 4 is 5.97 Å². The smallest absolute Gasteiger partial charge is 0.341 e. The first-order chi connectivity index (χ1) is 14.8. The molecule has 0 saturated carbocycles. The summed E-state index contributed by atoms with van der Waals surface area (Å²) in [6, 6.07) is 7.27. The van der Waals surface area contributed by atoms with Gasteiger partial charge in [-0.2, -0.15) is 0 Å². The van der Waals surface area contributed by atoms with Gasteiger partial charge in [-0.05, 0) is 51.2 Å². The molecule has 0 saturated heterocycles. The minimum absolute atomic E-state index is 0.285. The number of unbranched alkanes of at least 4 members (excludes halogenated alkanes) is 12. The molecular weight excluding hydrogens is 372 g/mol. The number of carbonyl (C=O) groups is 1. The maximum atomic E-state index is 12.2. The fourth-order valence-corrected chi connectivity index (χ4v) is 3.51. The zero-order valence-corrected chi connectivity index (χ0v) is 19.5. The number of para-hydroxylation sites is 1. The first-order valence-corrected chi connectivity index (χ1v) is 12.3. The molecule has 0 heterocycles. The van der Waals surface area contributed by atoms with Gasteiger partial charge in [0.2, 0.25) is 0 Å². The summed E-state index contributed by atoms with van der Waals surface area (Å²) in [4.78, 5) is 12.2. The molecule has 0 radical (unpaired) electrons. The lowest BCUT2D eigenvalue weighted by Crippen LogP contribution is -2.09. The van der Waals surface area contributed by atoms with Crippen LogP contribution >= 0.6 is 0 Å². The van der Waals surface area contributed by atoms with Gasteiger partial charge in [-0.1, -0.05) is 89.0 Å². The largest absolute Gasteiger partial charge is 0.493 e. The van der Waals surface area contributed by atoms with Crippen LogP contribution in [-0.2, 0) is 4.74 Å². The third-order valence-corrected chi connectivity index (χ3v) is 5.30. The summed E-state index contributed by atoms with van der Waals surface area (Å²) in [5.41, 5.74) is 0.517. The van der Waals surface area contributed by atoms with E-state index in [1.165, 1.54) is 77.0 Å². The van der Waals surface area contributed by atoms with Crippen LogP contribution < -0.4 is 4.74 Å². The molecule has 3 heteroatoms. The van der Waals surface area contributed by atoms with Gasteiger partial charge in [0.25, 0.3) is 0 Å². The molecule has 0 aliphatic carbocycles. The average molecular weight is 417 g/mol. The van der Waals surface area contributed by atoms with Crippen molar-refractivity contribution in [3.63, 3.8) is 0 Å². The summed E-state index contributed by atoms with van der Waals surface area (Å²) < 4.78 is 10.9. The Labute approximate surface area is 185 Å². The Morgan fingerprint density at radius 2 is 1.33 bits per heavy atom. The molecule has 0 bridgehead atoms. The van der Waals surface area contributed by atoms with Crippen LogP contribution in [0.25, 0.3) is 0 Å². The Morgan fingerprint density at radius 3 is 1.97 bits per heavy atom. The molecule has 170 valence electrons. The Morgan fingerprint density at radius 1 is 0.767 bits per heavy atom. The Balaban J connectivity index is 1.92. The number of esters is 1. The normalized spacial score (nSPS) is 11.1. The molecule has 0 aliphatic rings. The van der Waals surface area contributed by atoms with Gasteiger partial charge >= 0.3 is 5.97 Å². The number of hydrogen-bond acceptors (Lipinski definition) is 3. The van der Waals surface area contributed by atoms with Gasteiger partial charge in [0.05, 0.1) is 13.2 Å². The monoisotopic (exact) mass is 416 g/mol. The molecule has 0 aromatic heterocycles. The van der Waals surface area contributed by atoms with Crippen molar-refractivity contribution < 1.29 is 14.3 Å². The fraction of sp³-hybridized carbons (Fsp3) is 0.667. The number of rotatable bonds is 19. The zero-order chi connectivity index (χ0) is 21.7. The fourth-order valence-electron chi connectivity index (χ4n) is 3.51. The van der Waals surface area contributed by atoms with Gasteiger partial charge in [-0.15, -0.1) is 0 Å². The van der Waals surface area contributed by atoms with E-state index in [4.69, 9.17) is 9.47 Å². The molecule has 1 aromatic rings. The van der Waals surface area contributed by atoms with E-state index < -0.39 is 0 Å². The standard InChI is InChI=1S/C27H44O3/c1-3-5-6-7-8-9-10-11-12-13-14-15-16-17-18-21-24-30-27(28)25-22-19-20-23-26(25)29-4-2/h11-12,19-20,22-23H,3-10,13-18,21,24H2,1-2H3. The van der Waals surface area contributed by atoms with Gasteiger partial charge < -0.3 is 9.47 Å². The van der Waals surface area contributed by atoms with E-state index in [0.717, 1.165) is 12.8 Å². The number of allylic oxidation sites excluding steroid dienone is 2. The first-order valence-electron chi connectivity index (χ1n) is 12.3. The second-order valence-electron chi connectivity index (χ2n) is 8.00. The van der Waals surface area contributed by atoms with Gasteiger partial charge in [0.15, 0.2) is 0 Å². The molecule has 30 heavy (non-hydrogen) atoms. The zero-order valence-electron chi connectivity index (χ0n) is 19.5. The SMILES string of the molecule is CCCCCCCCC=CCCCCCCCCOC(=O)c1ccccc1OCC. The lowest BCUT2D eigenvalue weighted by molar-refractivity contribution is 0.0493. The van der Waals surface area contributed by atoms with E-state index in [-0.39, 0.29) is 5.97 Å². The second-order valence-corrected chi connectivity index (χ2v) is 8.00. The highest BCUT2D eigenvalue weighted by Crippen LogP contribution is 2.19. The number of hydrogen-bond donors (Lipinski definition) is 0. The summed E-state index contributed by atoms with van der Waals surface area (Å²) in [7, 11) is 0. The van der Waals surface area contributed by atoms with Crippen molar-refractivity contribution in [1.82, 2.24) is 0 Å². The van der Waals surface area contributed by atoms with E-state index >= 15 is 0 Å². The Kier molecular flexibility index (Phi) is 16.8. The highest BCUT2D eigenvalue weighted by Gasteiger charge is 2.12. The molecule has 0 fully saturated rings. The van der Waals surface area contributed by atoms with Crippen molar-refractivity contribution in [2.75, 3.05) is 13.2 Å². The summed E-state index contributed by atoms with van der Waals surface area (Å²) >= 11 is 0. The topological polar surface area (TPSA) is 35.5 Å². The molecule has 1 rings (SSSR count). The molecule has 0 N–H and O–H groups in total. The van der Waals surface area contributed by atoms with Gasteiger partial charge in [0.1, 0.15) is 11.3 Å². The van der Waals surface area contributed by atoms with Crippen LogP contribution in [0.1, 0.15) is 114 Å². The average Bonchev–Trinajstić information content (AvgIpc) is 2.76. The summed E-state index contributed by atoms with van der Waals surface area (Å²) in [5.74, 6) is 0.317. The maximum absolute atomic E-state index is 12.2. The van der Waals surface area contributed by atoms with Crippen molar-refractivity contribution in [3.05, 3.63) is 42.0 Å². The Hall–Kier alpha value is -1.77. The summed E-state index contributed by atoms with van der Waals surface area (Å²) in [5, 5.41) is 0. The third kappa shape index (κ3) is 13.5. The van der Waals surface area contributed by atoms with Crippen LogP contribution in [0.15, 0.2) is 36.4 Å². The molecule has 0 aliphatic heterocycles. The van der Waals surface area contributed by atoms with E-state index in [1.807, 2.05) is 25.1 Å². The second kappa shape index (κ2) is 19.2. The molecule has 0 spiro atoms. The van der Waals surface area contributed by atoms with Gasteiger partial charge in [-0.3, -0.25) is 0 Å². The van der Waals surface area contributed by atoms with Crippen LogP contribution in [0.5, 0.6) is 5.75 Å². The van der Waals surface area contributed by atoms with Crippen LogP contribution in [0.2, 0.25) is 0 Å². The lowest BCUT2D eigenvalue weighted by Gasteiger charge is -2.09. The first kappa shape index (κ1) is 26.3. The molecule has 3 nitrogen and oxygen atoms in total. The number of benzene rings is 1.